The highest BCUT2D eigenvalue weighted by atomic mass is 16.2. The molecule has 2 heterocycles. The Morgan fingerprint density at radius 1 is 1.37 bits per heavy atom. The summed E-state index contributed by atoms with van der Waals surface area (Å²) in [4.78, 5) is 16.1. The van der Waals surface area contributed by atoms with E-state index in [9.17, 15) is 4.79 Å². The zero-order valence-electron chi connectivity index (χ0n) is 11.6. The second kappa shape index (κ2) is 5.26. The normalized spacial score (nSPS) is 12.7. The molecule has 1 unspecified atom stereocenters. The number of aryl methyl sites for hydroxylation is 1. The Labute approximate surface area is 112 Å². The van der Waals surface area contributed by atoms with Crippen LogP contribution in [0.15, 0.2) is 18.3 Å². The number of amides is 1. The zero-order chi connectivity index (χ0) is 14.0. The second-order valence-electron chi connectivity index (χ2n) is 4.97. The molecule has 1 atom stereocenters. The van der Waals surface area contributed by atoms with Crippen molar-refractivity contribution in [3.63, 3.8) is 0 Å². The molecule has 102 valence electrons. The maximum absolute atomic E-state index is 11.8. The predicted molar refractivity (Wildman–Crippen MR) is 74.1 cm³/mol. The molecule has 2 aromatic heterocycles. The summed E-state index contributed by atoms with van der Waals surface area (Å²) in [5.74, 6) is 0.391. The summed E-state index contributed by atoms with van der Waals surface area (Å²) in [6, 6.07) is 3.64. The summed E-state index contributed by atoms with van der Waals surface area (Å²) in [6.07, 6.45) is 1.85. The molecule has 0 saturated carbocycles. The summed E-state index contributed by atoms with van der Waals surface area (Å²) in [7, 11) is 0. The summed E-state index contributed by atoms with van der Waals surface area (Å²) in [5.41, 5.74) is 1.89. The molecule has 1 amide bonds. The van der Waals surface area contributed by atoms with Gasteiger partial charge in [-0.25, -0.2) is 4.52 Å². The van der Waals surface area contributed by atoms with Crippen LogP contribution < -0.4 is 10.6 Å². The fourth-order valence-corrected chi connectivity index (χ4v) is 1.71. The second-order valence-corrected chi connectivity index (χ2v) is 4.97. The fourth-order valence-electron chi connectivity index (χ4n) is 1.71. The van der Waals surface area contributed by atoms with Gasteiger partial charge >= 0.3 is 0 Å². The van der Waals surface area contributed by atoms with Gasteiger partial charge in [0.05, 0.1) is 0 Å². The Bertz CT molecular complexity index is 590. The molecular formula is C13H19N5O. The van der Waals surface area contributed by atoms with Crippen molar-refractivity contribution in [3.8, 4) is 0 Å². The average Bonchev–Trinajstić information content (AvgIpc) is 2.69. The van der Waals surface area contributed by atoms with Crippen LogP contribution in [0.25, 0.3) is 5.65 Å². The van der Waals surface area contributed by atoms with E-state index in [1.807, 2.05) is 39.1 Å². The van der Waals surface area contributed by atoms with E-state index in [1.54, 1.807) is 11.4 Å². The number of aromatic nitrogens is 3. The first-order chi connectivity index (χ1) is 8.95. The molecule has 0 saturated heterocycles. The van der Waals surface area contributed by atoms with Crippen molar-refractivity contribution < 1.29 is 4.79 Å². The fraction of sp³-hybridized carbons (Fsp3) is 0.462. The van der Waals surface area contributed by atoms with Crippen LogP contribution in [0.4, 0.5) is 5.95 Å². The SMILES string of the molecule is Cc1ccn2nc(NC(C)C(=O)NC(C)C)nc2c1. The Balaban J connectivity index is 2.10. The number of nitrogens with zero attached hydrogens (tertiary/aromatic N) is 3. The van der Waals surface area contributed by atoms with Gasteiger partial charge in [0.1, 0.15) is 6.04 Å². The number of hydrogen-bond donors (Lipinski definition) is 2. The van der Waals surface area contributed by atoms with Crippen molar-refractivity contribution >= 4 is 17.5 Å². The lowest BCUT2D eigenvalue weighted by atomic mass is 10.3. The summed E-state index contributed by atoms with van der Waals surface area (Å²) < 4.78 is 1.68. The first-order valence-corrected chi connectivity index (χ1v) is 6.35. The lowest BCUT2D eigenvalue weighted by Crippen LogP contribution is -2.41. The van der Waals surface area contributed by atoms with Crippen LogP contribution in [-0.4, -0.2) is 32.6 Å². The Morgan fingerprint density at radius 2 is 2.11 bits per heavy atom. The molecule has 0 bridgehead atoms. The molecule has 0 spiro atoms. The molecule has 0 fully saturated rings. The predicted octanol–water partition coefficient (Wildman–Crippen LogP) is 1.36. The lowest BCUT2D eigenvalue weighted by molar-refractivity contribution is -0.122. The maximum Gasteiger partial charge on any atom is 0.243 e. The number of hydrogen-bond acceptors (Lipinski definition) is 4. The van der Waals surface area contributed by atoms with Crippen LogP contribution in [0.5, 0.6) is 0 Å². The molecule has 2 rings (SSSR count). The molecule has 0 aliphatic rings. The Kier molecular flexibility index (Phi) is 3.69. The molecule has 2 N–H and O–H groups in total. The molecule has 0 aromatic carbocycles. The summed E-state index contributed by atoms with van der Waals surface area (Å²) in [6.45, 7) is 7.64. The standard InChI is InChI=1S/C13H19N5O/c1-8(2)14-12(19)10(4)15-13-16-11-7-9(3)5-6-18(11)17-13/h5-8,10H,1-4H3,(H,14,19)(H,15,17). The Hall–Kier alpha value is -2.11. The quantitative estimate of drug-likeness (QED) is 0.872. The molecule has 0 aliphatic heterocycles. The van der Waals surface area contributed by atoms with E-state index in [2.05, 4.69) is 20.7 Å². The molecule has 6 heteroatoms. The molecule has 19 heavy (non-hydrogen) atoms. The van der Waals surface area contributed by atoms with Gasteiger partial charge in [0, 0.05) is 12.2 Å². The topological polar surface area (TPSA) is 71.3 Å². The van der Waals surface area contributed by atoms with Crippen molar-refractivity contribution in [2.24, 2.45) is 0 Å². The van der Waals surface area contributed by atoms with Gasteiger partial charge in [0.15, 0.2) is 5.65 Å². The van der Waals surface area contributed by atoms with Gasteiger partial charge in [0.25, 0.3) is 0 Å². The number of fused-ring (bicyclic) bond motifs is 1. The number of anilines is 1. The van der Waals surface area contributed by atoms with E-state index in [0.29, 0.717) is 5.95 Å². The van der Waals surface area contributed by atoms with Crippen LogP contribution in [0.2, 0.25) is 0 Å². The van der Waals surface area contributed by atoms with Gasteiger partial charge < -0.3 is 10.6 Å². The van der Waals surface area contributed by atoms with Gasteiger partial charge in [-0.3, -0.25) is 4.79 Å². The minimum Gasteiger partial charge on any atom is -0.352 e. The minimum absolute atomic E-state index is 0.0648. The van der Waals surface area contributed by atoms with Crippen LogP contribution in [0, 0.1) is 6.92 Å². The number of carbonyl (C=O) groups is 1. The van der Waals surface area contributed by atoms with E-state index in [-0.39, 0.29) is 18.0 Å². The molecule has 0 aliphatic carbocycles. The first-order valence-electron chi connectivity index (χ1n) is 6.35. The van der Waals surface area contributed by atoms with E-state index >= 15 is 0 Å². The van der Waals surface area contributed by atoms with E-state index < -0.39 is 0 Å². The Morgan fingerprint density at radius 3 is 2.79 bits per heavy atom. The van der Waals surface area contributed by atoms with Crippen molar-refractivity contribution in [1.29, 1.82) is 0 Å². The van der Waals surface area contributed by atoms with Crippen molar-refractivity contribution in [3.05, 3.63) is 23.9 Å². The largest absolute Gasteiger partial charge is 0.352 e. The minimum atomic E-state index is -0.374. The van der Waals surface area contributed by atoms with E-state index in [4.69, 9.17) is 0 Å². The number of pyridine rings is 1. The highest BCUT2D eigenvalue weighted by Crippen LogP contribution is 2.08. The third-order valence-electron chi connectivity index (χ3n) is 2.66. The summed E-state index contributed by atoms with van der Waals surface area (Å²) in [5, 5.41) is 10.1. The van der Waals surface area contributed by atoms with Crippen LogP contribution >= 0.6 is 0 Å². The van der Waals surface area contributed by atoms with Crippen LogP contribution in [-0.2, 0) is 4.79 Å². The van der Waals surface area contributed by atoms with Gasteiger partial charge in [0.2, 0.25) is 11.9 Å². The smallest absolute Gasteiger partial charge is 0.243 e. The van der Waals surface area contributed by atoms with Crippen LogP contribution in [0.3, 0.4) is 0 Å². The number of rotatable bonds is 4. The first kappa shape index (κ1) is 13.3. The molecule has 2 aromatic rings. The lowest BCUT2D eigenvalue weighted by Gasteiger charge is -2.14. The number of carbonyl (C=O) groups excluding carboxylic acids is 1. The highest BCUT2D eigenvalue weighted by molar-refractivity contribution is 5.83. The van der Waals surface area contributed by atoms with Gasteiger partial charge in [-0.1, -0.05) is 0 Å². The summed E-state index contributed by atoms with van der Waals surface area (Å²) >= 11 is 0. The average molecular weight is 261 g/mol. The van der Waals surface area contributed by atoms with E-state index in [1.165, 1.54) is 0 Å². The molecule has 6 nitrogen and oxygen atoms in total. The maximum atomic E-state index is 11.8. The van der Waals surface area contributed by atoms with Crippen molar-refractivity contribution in [1.82, 2.24) is 19.9 Å². The van der Waals surface area contributed by atoms with Gasteiger partial charge in [-0.2, -0.15) is 4.98 Å². The zero-order valence-corrected chi connectivity index (χ0v) is 11.6. The van der Waals surface area contributed by atoms with Gasteiger partial charge in [-0.15, -0.1) is 5.10 Å². The molecule has 0 radical (unpaired) electrons. The third-order valence-corrected chi connectivity index (χ3v) is 2.66. The van der Waals surface area contributed by atoms with Crippen LogP contribution in [0.1, 0.15) is 26.3 Å². The van der Waals surface area contributed by atoms with Crippen molar-refractivity contribution in [2.45, 2.75) is 39.8 Å². The third kappa shape index (κ3) is 3.21. The van der Waals surface area contributed by atoms with Crippen molar-refractivity contribution in [2.75, 3.05) is 5.32 Å². The highest BCUT2D eigenvalue weighted by Gasteiger charge is 2.15. The van der Waals surface area contributed by atoms with E-state index in [0.717, 1.165) is 11.2 Å². The monoisotopic (exact) mass is 261 g/mol. The number of nitrogens with one attached hydrogen (secondary N) is 2. The van der Waals surface area contributed by atoms with Gasteiger partial charge in [-0.05, 0) is 45.4 Å². The molecular weight excluding hydrogens is 242 g/mol.